The molecule has 0 unspecified atom stereocenters. The predicted molar refractivity (Wildman–Crippen MR) is 93.2 cm³/mol. The monoisotopic (exact) mass is 283 g/mol. The maximum atomic E-state index is 5.60. The highest BCUT2D eigenvalue weighted by atomic mass is 14.5. The van der Waals surface area contributed by atoms with Crippen molar-refractivity contribution in [1.29, 1.82) is 0 Å². The van der Waals surface area contributed by atoms with E-state index in [2.05, 4.69) is 57.2 Å². The van der Waals surface area contributed by atoms with Crippen LogP contribution < -0.4 is 5.73 Å². The van der Waals surface area contributed by atoms with E-state index in [0.717, 1.165) is 19.4 Å². The topological polar surface area (TPSA) is 26.0 Å². The summed E-state index contributed by atoms with van der Waals surface area (Å²) in [5.74, 6) is 0. The second-order valence-corrected chi connectivity index (χ2v) is 6.90. The Balaban J connectivity index is 2.17. The van der Waals surface area contributed by atoms with Crippen molar-refractivity contribution in [2.75, 3.05) is 6.54 Å². The zero-order chi connectivity index (χ0) is 15.3. The molecular formula is C20H29N. The van der Waals surface area contributed by atoms with Crippen LogP contribution in [0.5, 0.6) is 0 Å². The summed E-state index contributed by atoms with van der Waals surface area (Å²) < 4.78 is 0. The number of nitrogens with two attached hydrogens (primary N) is 1. The summed E-state index contributed by atoms with van der Waals surface area (Å²) in [6.45, 7) is 7.79. The zero-order valence-corrected chi connectivity index (χ0v) is 13.8. The average molecular weight is 283 g/mol. The summed E-state index contributed by atoms with van der Waals surface area (Å²) in [5.41, 5.74) is 11.7. The molecule has 2 N–H and O–H groups in total. The van der Waals surface area contributed by atoms with Gasteiger partial charge in [0.05, 0.1) is 0 Å². The molecule has 0 aliphatic heterocycles. The molecule has 1 aliphatic carbocycles. The van der Waals surface area contributed by atoms with Crippen LogP contribution in [-0.4, -0.2) is 6.54 Å². The molecular weight excluding hydrogens is 254 g/mol. The molecule has 0 radical (unpaired) electrons. The fraction of sp³-hybridized carbons (Fsp3) is 0.500. The molecule has 1 aliphatic rings. The van der Waals surface area contributed by atoms with Crippen molar-refractivity contribution in [2.24, 2.45) is 11.1 Å². The SMILES string of the molecule is CC1=C(/C=C/c2cccc(CCCN)c2)C(C)(C)CCC1. The largest absolute Gasteiger partial charge is 0.330 e. The van der Waals surface area contributed by atoms with Crippen LogP contribution >= 0.6 is 0 Å². The molecule has 0 bridgehead atoms. The number of benzene rings is 1. The van der Waals surface area contributed by atoms with Gasteiger partial charge in [0, 0.05) is 0 Å². The van der Waals surface area contributed by atoms with Gasteiger partial charge in [-0.1, -0.05) is 55.8 Å². The number of hydrogen-bond acceptors (Lipinski definition) is 1. The Morgan fingerprint density at radius 2 is 2.05 bits per heavy atom. The van der Waals surface area contributed by atoms with E-state index in [4.69, 9.17) is 5.73 Å². The number of hydrogen-bond donors (Lipinski definition) is 1. The van der Waals surface area contributed by atoms with Crippen LogP contribution in [0.3, 0.4) is 0 Å². The quantitative estimate of drug-likeness (QED) is 0.797. The van der Waals surface area contributed by atoms with Crippen LogP contribution in [-0.2, 0) is 6.42 Å². The fourth-order valence-corrected chi connectivity index (χ4v) is 3.35. The Kier molecular flexibility index (Phi) is 5.41. The normalized spacial score (nSPS) is 18.5. The molecule has 0 aromatic heterocycles. The lowest BCUT2D eigenvalue weighted by Crippen LogP contribution is -2.18. The fourth-order valence-electron chi connectivity index (χ4n) is 3.35. The number of allylic oxidation sites excluding steroid dienone is 3. The highest BCUT2D eigenvalue weighted by Gasteiger charge is 2.26. The van der Waals surface area contributed by atoms with Crippen LogP contribution in [0.15, 0.2) is 41.5 Å². The lowest BCUT2D eigenvalue weighted by molar-refractivity contribution is 0.377. The lowest BCUT2D eigenvalue weighted by atomic mass is 9.72. The van der Waals surface area contributed by atoms with E-state index < -0.39 is 0 Å². The van der Waals surface area contributed by atoms with Gasteiger partial charge in [-0.15, -0.1) is 0 Å². The van der Waals surface area contributed by atoms with Crippen molar-refractivity contribution >= 4 is 6.08 Å². The van der Waals surface area contributed by atoms with Gasteiger partial charge >= 0.3 is 0 Å². The molecule has 1 aromatic rings. The van der Waals surface area contributed by atoms with Crippen molar-refractivity contribution in [3.63, 3.8) is 0 Å². The third-order valence-electron chi connectivity index (χ3n) is 4.61. The summed E-state index contributed by atoms with van der Waals surface area (Å²) in [6, 6.07) is 8.83. The molecule has 1 nitrogen and oxygen atoms in total. The van der Waals surface area contributed by atoms with Crippen LogP contribution in [0, 0.1) is 5.41 Å². The first kappa shape index (κ1) is 16.0. The number of aryl methyl sites for hydroxylation is 1. The van der Waals surface area contributed by atoms with Gasteiger partial charge < -0.3 is 5.73 Å². The molecule has 0 spiro atoms. The van der Waals surface area contributed by atoms with E-state index in [0.29, 0.717) is 5.41 Å². The van der Waals surface area contributed by atoms with Crippen molar-refractivity contribution < 1.29 is 0 Å². The maximum Gasteiger partial charge on any atom is -0.00741 e. The Bertz CT molecular complexity index is 535. The average Bonchev–Trinajstić information content (AvgIpc) is 2.44. The third kappa shape index (κ3) is 4.31. The molecule has 2 rings (SSSR count). The van der Waals surface area contributed by atoms with Gasteiger partial charge in [-0.2, -0.15) is 0 Å². The first-order chi connectivity index (χ1) is 10.0. The standard InChI is InChI=1S/C20H29N/c1-16-7-5-13-20(2,3)19(16)12-11-18-9-4-8-17(15-18)10-6-14-21/h4,8-9,11-12,15H,5-7,10,13-14,21H2,1-3H3/b12-11+. The summed E-state index contributed by atoms with van der Waals surface area (Å²) in [4.78, 5) is 0. The van der Waals surface area contributed by atoms with E-state index in [1.165, 1.54) is 36.0 Å². The van der Waals surface area contributed by atoms with E-state index in [1.807, 2.05) is 0 Å². The predicted octanol–water partition coefficient (Wildman–Crippen LogP) is 5.12. The van der Waals surface area contributed by atoms with Gasteiger partial charge in [0.1, 0.15) is 0 Å². The van der Waals surface area contributed by atoms with Crippen molar-refractivity contribution in [1.82, 2.24) is 0 Å². The van der Waals surface area contributed by atoms with E-state index in [-0.39, 0.29) is 0 Å². The number of rotatable bonds is 5. The first-order valence-corrected chi connectivity index (χ1v) is 8.20. The second kappa shape index (κ2) is 7.09. The zero-order valence-electron chi connectivity index (χ0n) is 13.8. The molecule has 1 heteroatoms. The third-order valence-corrected chi connectivity index (χ3v) is 4.61. The highest BCUT2D eigenvalue weighted by molar-refractivity contribution is 5.55. The lowest BCUT2D eigenvalue weighted by Gasteiger charge is -2.32. The van der Waals surface area contributed by atoms with Crippen LogP contribution in [0.25, 0.3) is 6.08 Å². The van der Waals surface area contributed by atoms with Crippen molar-refractivity contribution in [3.8, 4) is 0 Å². The van der Waals surface area contributed by atoms with Gasteiger partial charge in [-0.25, -0.2) is 0 Å². The summed E-state index contributed by atoms with van der Waals surface area (Å²) in [7, 11) is 0. The Hall–Kier alpha value is -1.34. The van der Waals surface area contributed by atoms with Gasteiger partial charge in [0.2, 0.25) is 0 Å². The molecule has 0 atom stereocenters. The first-order valence-electron chi connectivity index (χ1n) is 8.20. The van der Waals surface area contributed by atoms with Crippen molar-refractivity contribution in [2.45, 2.75) is 52.9 Å². The van der Waals surface area contributed by atoms with Crippen LogP contribution in [0.1, 0.15) is 57.6 Å². The molecule has 114 valence electrons. The Morgan fingerprint density at radius 3 is 2.76 bits per heavy atom. The van der Waals surface area contributed by atoms with Gasteiger partial charge in [-0.05, 0) is 67.7 Å². The van der Waals surface area contributed by atoms with Gasteiger partial charge in [0.15, 0.2) is 0 Å². The summed E-state index contributed by atoms with van der Waals surface area (Å²) in [6.07, 6.45) is 10.6. The van der Waals surface area contributed by atoms with Crippen LogP contribution in [0.2, 0.25) is 0 Å². The molecule has 0 saturated carbocycles. The molecule has 0 amide bonds. The smallest absolute Gasteiger partial charge is 0.00741 e. The summed E-state index contributed by atoms with van der Waals surface area (Å²) >= 11 is 0. The summed E-state index contributed by atoms with van der Waals surface area (Å²) in [5, 5.41) is 0. The van der Waals surface area contributed by atoms with Gasteiger partial charge in [0.25, 0.3) is 0 Å². The van der Waals surface area contributed by atoms with E-state index in [9.17, 15) is 0 Å². The van der Waals surface area contributed by atoms with E-state index in [1.54, 1.807) is 5.57 Å². The molecule has 1 aromatic carbocycles. The maximum absolute atomic E-state index is 5.60. The van der Waals surface area contributed by atoms with Crippen molar-refractivity contribution in [3.05, 3.63) is 52.6 Å². The highest BCUT2D eigenvalue weighted by Crippen LogP contribution is 2.40. The Morgan fingerprint density at radius 1 is 1.24 bits per heavy atom. The van der Waals surface area contributed by atoms with Crippen LogP contribution in [0.4, 0.5) is 0 Å². The minimum Gasteiger partial charge on any atom is -0.330 e. The molecule has 21 heavy (non-hydrogen) atoms. The molecule has 0 heterocycles. The molecule has 0 saturated heterocycles. The Labute approximate surface area is 129 Å². The minimum atomic E-state index is 0.315. The van der Waals surface area contributed by atoms with Gasteiger partial charge in [-0.3, -0.25) is 0 Å². The second-order valence-electron chi connectivity index (χ2n) is 6.90. The van der Waals surface area contributed by atoms with E-state index >= 15 is 0 Å². The minimum absolute atomic E-state index is 0.315. The molecule has 0 fully saturated rings.